The predicted octanol–water partition coefficient (Wildman–Crippen LogP) is 1.54. The van der Waals surface area contributed by atoms with Crippen LogP contribution in [0, 0.1) is 5.41 Å². The van der Waals surface area contributed by atoms with E-state index < -0.39 is 0 Å². The van der Waals surface area contributed by atoms with Gasteiger partial charge in [0.25, 0.3) is 0 Å². The van der Waals surface area contributed by atoms with Crippen molar-refractivity contribution < 1.29 is 4.79 Å². The molecule has 0 unspecified atom stereocenters. The second-order valence-corrected chi connectivity index (χ2v) is 6.01. The summed E-state index contributed by atoms with van der Waals surface area (Å²) in [6.45, 7) is 3.61. The molecule has 0 atom stereocenters. The second-order valence-electron chi connectivity index (χ2n) is 6.01. The van der Waals surface area contributed by atoms with Gasteiger partial charge >= 0.3 is 0 Å². The summed E-state index contributed by atoms with van der Waals surface area (Å²) in [6.07, 6.45) is 6.47. The zero-order valence-corrected chi connectivity index (χ0v) is 13.7. The maximum atomic E-state index is 11.7. The monoisotopic (exact) mass is 313 g/mol. The zero-order valence-electron chi connectivity index (χ0n) is 13.7. The van der Waals surface area contributed by atoms with E-state index in [1.807, 2.05) is 30.4 Å². The minimum atomic E-state index is 0.0613. The van der Waals surface area contributed by atoms with Gasteiger partial charge < -0.3 is 15.1 Å². The Bertz CT molecular complexity index is 667. The normalized spacial score (nSPS) is 17.8. The molecule has 0 saturated heterocycles. The molecule has 0 saturated carbocycles. The molecule has 1 aromatic heterocycles. The molecule has 0 bridgehead atoms. The Morgan fingerprint density at radius 1 is 1.35 bits per heavy atom. The van der Waals surface area contributed by atoms with Gasteiger partial charge in [-0.3, -0.25) is 15.2 Å². The first-order chi connectivity index (χ1) is 11.1. The molecule has 6 heteroatoms. The highest BCUT2D eigenvalue weighted by atomic mass is 16.2. The lowest BCUT2D eigenvalue weighted by atomic mass is 9.99. The Morgan fingerprint density at radius 3 is 2.91 bits per heavy atom. The fourth-order valence-corrected chi connectivity index (χ4v) is 3.34. The number of amidine groups is 1. The smallest absolute Gasteiger partial charge is 0.219 e. The lowest BCUT2D eigenvalue weighted by molar-refractivity contribution is -0.128. The molecule has 0 radical (unpaired) electrons. The van der Waals surface area contributed by atoms with E-state index >= 15 is 0 Å². The number of anilines is 1. The van der Waals surface area contributed by atoms with Gasteiger partial charge in [0.05, 0.1) is 18.4 Å². The van der Waals surface area contributed by atoms with E-state index in [2.05, 4.69) is 10.3 Å². The van der Waals surface area contributed by atoms with Crippen molar-refractivity contribution in [2.24, 2.45) is 0 Å². The second kappa shape index (κ2) is 6.40. The fraction of sp³-hybridized carbons (Fsp3) is 0.471. The van der Waals surface area contributed by atoms with Crippen LogP contribution in [0.25, 0.3) is 0 Å². The Balaban J connectivity index is 1.93. The molecule has 2 aliphatic rings. The molecule has 1 aromatic rings. The van der Waals surface area contributed by atoms with E-state index in [-0.39, 0.29) is 5.91 Å². The molecule has 1 amide bonds. The number of hydrogen-bond donors (Lipinski definition) is 2. The summed E-state index contributed by atoms with van der Waals surface area (Å²) in [5, 5.41) is 12.0. The number of aryl methyl sites for hydroxylation is 1. The Morgan fingerprint density at radius 2 is 2.17 bits per heavy atom. The molecule has 0 spiro atoms. The summed E-state index contributed by atoms with van der Waals surface area (Å²) < 4.78 is 0. The largest absolute Gasteiger partial charge is 0.391 e. The van der Waals surface area contributed by atoms with Crippen LogP contribution in [0.4, 0.5) is 5.69 Å². The lowest BCUT2D eigenvalue weighted by Gasteiger charge is -2.36. The Hall–Kier alpha value is -2.37. The SMILES string of the molecule is CNC1=C(C(=N)N2CCCc3ccncc32)CN(C(C)=O)CC1. The van der Waals surface area contributed by atoms with E-state index in [1.165, 1.54) is 5.56 Å². The summed E-state index contributed by atoms with van der Waals surface area (Å²) >= 11 is 0. The number of fused-ring (bicyclic) bond motifs is 1. The number of pyridine rings is 1. The van der Waals surface area contributed by atoms with Gasteiger partial charge in [-0.2, -0.15) is 0 Å². The van der Waals surface area contributed by atoms with E-state index in [4.69, 9.17) is 5.41 Å². The molecule has 0 aliphatic carbocycles. The fourth-order valence-electron chi connectivity index (χ4n) is 3.34. The standard InChI is InChI=1S/C17H23N5O/c1-12(23)21-9-6-15(19-2)14(11-21)17(18)22-8-3-4-13-5-7-20-10-16(13)22/h5,7,10,18-19H,3-4,6,8-9,11H2,1-2H3. The first-order valence-corrected chi connectivity index (χ1v) is 8.06. The van der Waals surface area contributed by atoms with E-state index in [0.29, 0.717) is 18.9 Å². The molecule has 0 fully saturated rings. The molecule has 23 heavy (non-hydrogen) atoms. The van der Waals surface area contributed by atoms with Crippen LogP contribution in [0.3, 0.4) is 0 Å². The van der Waals surface area contributed by atoms with Crippen LogP contribution in [-0.2, 0) is 11.2 Å². The van der Waals surface area contributed by atoms with Crippen LogP contribution >= 0.6 is 0 Å². The minimum absolute atomic E-state index is 0.0613. The van der Waals surface area contributed by atoms with Crippen molar-refractivity contribution >= 4 is 17.4 Å². The summed E-state index contributed by atoms with van der Waals surface area (Å²) in [7, 11) is 1.89. The highest BCUT2D eigenvalue weighted by Gasteiger charge is 2.28. The molecule has 3 rings (SSSR count). The van der Waals surface area contributed by atoms with Crippen molar-refractivity contribution in [2.75, 3.05) is 31.6 Å². The summed E-state index contributed by atoms with van der Waals surface area (Å²) in [5.74, 6) is 0.542. The first-order valence-electron chi connectivity index (χ1n) is 8.06. The Kier molecular flexibility index (Phi) is 4.32. The van der Waals surface area contributed by atoms with Crippen LogP contribution in [-0.4, -0.2) is 48.3 Å². The number of hydrogen-bond acceptors (Lipinski definition) is 4. The van der Waals surface area contributed by atoms with Gasteiger partial charge in [-0.05, 0) is 24.5 Å². The number of carbonyl (C=O) groups excluding carboxylic acids is 1. The minimum Gasteiger partial charge on any atom is -0.391 e. The number of aromatic nitrogens is 1. The van der Waals surface area contributed by atoms with E-state index in [9.17, 15) is 4.79 Å². The van der Waals surface area contributed by atoms with Crippen molar-refractivity contribution in [1.82, 2.24) is 15.2 Å². The first kappa shape index (κ1) is 15.5. The van der Waals surface area contributed by atoms with Crippen molar-refractivity contribution in [1.29, 1.82) is 5.41 Å². The average molecular weight is 313 g/mol. The molecule has 2 N–H and O–H groups in total. The third-order valence-electron chi connectivity index (χ3n) is 4.65. The maximum absolute atomic E-state index is 11.7. The summed E-state index contributed by atoms with van der Waals surface area (Å²) in [4.78, 5) is 19.8. The molecule has 2 aliphatic heterocycles. The van der Waals surface area contributed by atoms with Crippen molar-refractivity contribution in [2.45, 2.75) is 26.2 Å². The third kappa shape index (κ3) is 2.93. The van der Waals surface area contributed by atoms with Crippen LogP contribution < -0.4 is 10.2 Å². The molecular formula is C17H23N5O. The summed E-state index contributed by atoms with van der Waals surface area (Å²) in [5.41, 5.74) is 4.22. The van der Waals surface area contributed by atoms with Crippen molar-refractivity contribution in [3.63, 3.8) is 0 Å². The molecule has 6 nitrogen and oxygen atoms in total. The Labute approximate surface area is 136 Å². The average Bonchev–Trinajstić information content (AvgIpc) is 2.60. The van der Waals surface area contributed by atoms with Gasteiger partial charge in [-0.15, -0.1) is 0 Å². The van der Waals surface area contributed by atoms with Crippen LogP contribution in [0.1, 0.15) is 25.3 Å². The number of nitrogens with one attached hydrogen (secondary N) is 2. The number of rotatable bonds is 2. The quantitative estimate of drug-likeness (QED) is 0.642. The molecular weight excluding hydrogens is 290 g/mol. The summed E-state index contributed by atoms with van der Waals surface area (Å²) in [6, 6.07) is 2.03. The number of carbonyl (C=O) groups is 1. The maximum Gasteiger partial charge on any atom is 0.219 e. The topological polar surface area (TPSA) is 72.3 Å². The van der Waals surface area contributed by atoms with Crippen molar-refractivity contribution in [3.05, 3.63) is 35.3 Å². The van der Waals surface area contributed by atoms with Gasteiger partial charge in [0.15, 0.2) is 0 Å². The van der Waals surface area contributed by atoms with Crippen LogP contribution in [0.5, 0.6) is 0 Å². The van der Waals surface area contributed by atoms with Gasteiger partial charge in [-0.25, -0.2) is 0 Å². The highest BCUT2D eigenvalue weighted by molar-refractivity contribution is 6.09. The van der Waals surface area contributed by atoms with E-state index in [1.54, 1.807) is 11.8 Å². The predicted molar refractivity (Wildman–Crippen MR) is 90.6 cm³/mol. The van der Waals surface area contributed by atoms with Crippen LogP contribution in [0.15, 0.2) is 29.7 Å². The number of nitrogens with zero attached hydrogens (tertiary/aromatic N) is 3. The number of amides is 1. The van der Waals surface area contributed by atoms with Crippen LogP contribution in [0.2, 0.25) is 0 Å². The van der Waals surface area contributed by atoms with Gasteiger partial charge in [0.2, 0.25) is 5.91 Å². The van der Waals surface area contributed by atoms with Gasteiger partial charge in [0.1, 0.15) is 5.84 Å². The highest BCUT2D eigenvalue weighted by Crippen LogP contribution is 2.29. The van der Waals surface area contributed by atoms with Crippen molar-refractivity contribution in [3.8, 4) is 0 Å². The molecule has 3 heterocycles. The molecule has 0 aromatic carbocycles. The van der Waals surface area contributed by atoms with Gasteiger partial charge in [-0.1, -0.05) is 0 Å². The third-order valence-corrected chi connectivity index (χ3v) is 4.65. The zero-order chi connectivity index (χ0) is 16.4. The van der Waals surface area contributed by atoms with E-state index in [0.717, 1.165) is 42.8 Å². The van der Waals surface area contributed by atoms with Gasteiger partial charge in [0, 0.05) is 50.9 Å². The molecule has 122 valence electrons. The lowest BCUT2D eigenvalue weighted by Crippen LogP contribution is -2.44.